The Hall–Kier alpha value is -1.43. The summed E-state index contributed by atoms with van der Waals surface area (Å²) in [5.41, 5.74) is 5.76. The standard InChI is InChI=1S/C12H22N6/c1-4-17-5-7-18(8-6-17)12-15-10(9(2)3)14-11(13)16-12/h9H,4-8H2,1-3H3,(H2,13,14,15,16). The highest BCUT2D eigenvalue weighted by Gasteiger charge is 2.19. The molecule has 0 atom stereocenters. The van der Waals surface area contributed by atoms with E-state index in [0.717, 1.165) is 44.5 Å². The van der Waals surface area contributed by atoms with Gasteiger partial charge in [-0.15, -0.1) is 0 Å². The van der Waals surface area contributed by atoms with Gasteiger partial charge in [-0.05, 0) is 6.54 Å². The van der Waals surface area contributed by atoms with Crippen LogP contribution in [-0.4, -0.2) is 52.6 Å². The van der Waals surface area contributed by atoms with Crippen LogP contribution in [0.4, 0.5) is 11.9 Å². The van der Waals surface area contributed by atoms with Crippen LogP contribution in [0.25, 0.3) is 0 Å². The molecule has 100 valence electrons. The smallest absolute Gasteiger partial charge is 0.230 e. The number of aromatic nitrogens is 3. The van der Waals surface area contributed by atoms with Crippen molar-refractivity contribution in [2.24, 2.45) is 0 Å². The van der Waals surface area contributed by atoms with Crippen molar-refractivity contribution < 1.29 is 0 Å². The predicted octanol–water partition coefficient (Wildman–Crippen LogP) is 0.719. The minimum Gasteiger partial charge on any atom is -0.368 e. The quantitative estimate of drug-likeness (QED) is 0.852. The lowest BCUT2D eigenvalue weighted by Gasteiger charge is -2.34. The molecule has 1 aromatic heterocycles. The van der Waals surface area contributed by atoms with E-state index in [1.807, 2.05) is 0 Å². The average Bonchev–Trinajstić information content (AvgIpc) is 2.38. The molecule has 0 amide bonds. The number of nitrogen functional groups attached to an aromatic ring is 1. The van der Waals surface area contributed by atoms with Crippen molar-refractivity contribution in [1.29, 1.82) is 0 Å². The lowest BCUT2D eigenvalue weighted by molar-refractivity contribution is 0.269. The zero-order chi connectivity index (χ0) is 13.1. The Morgan fingerprint density at radius 1 is 1.11 bits per heavy atom. The fraction of sp³-hybridized carbons (Fsp3) is 0.750. The highest BCUT2D eigenvalue weighted by Crippen LogP contribution is 2.16. The van der Waals surface area contributed by atoms with Gasteiger partial charge < -0.3 is 15.5 Å². The van der Waals surface area contributed by atoms with E-state index < -0.39 is 0 Å². The zero-order valence-electron chi connectivity index (χ0n) is 11.4. The van der Waals surface area contributed by atoms with Crippen molar-refractivity contribution in [2.75, 3.05) is 43.4 Å². The summed E-state index contributed by atoms with van der Waals surface area (Å²) in [6, 6.07) is 0. The number of nitrogens with zero attached hydrogens (tertiary/aromatic N) is 5. The van der Waals surface area contributed by atoms with Crippen molar-refractivity contribution in [3.8, 4) is 0 Å². The van der Waals surface area contributed by atoms with Gasteiger partial charge in [0.05, 0.1) is 0 Å². The first-order valence-electron chi connectivity index (χ1n) is 6.59. The van der Waals surface area contributed by atoms with Gasteiger partial charge in [0, 0.05) is 32.1 Å². The summed E-state index contributed by atoms with van der Waals surface area (Å²) in [4.78, 5) is 17.6. The minimum absolute atomic E-state index is 0.269. The summed E-state index contributed by atoms with van der Waals surface area (Å²) >= 11 is 0. The Morgan fingerprint density at radius 3 is 2.33 bits per heavy atom. The first-order chi connectivity index (χ1) is 8.60. The first kappa shape index (κ1) is 13.0. The molecule has 0 radical (unpaired) electrons. The van der Waals surface area contributed by atoms with Crippen molar-refractivity contribution in [3.05, 3.63) is 5.82 Å². The van der Waals surface area contributed by atoms with Crippen LogP contribution in [0.2, 0.25) is 0 Å². The second kappa shape index (κ2) is 5.48. The van der Waals surface area contributed by atoms with Crippen LogP contribution >= 0.6 is 0 Å². The van der Waals surface area contributed by atoms with E-state index >= 15 is 0 Å². The summed E-state index contributed by atoms with van der Waals surface area (Å²) in [5.74, 6) is 2.09. The van der Waals surface area contributed by atoms with Gasteiger partial charge in [-0.3, -0.25) is 0 Å². The molecule has 6 nitrogen and oxygen atoms in total. The Bertz CT molecular complexity index is 398. The molecule has 2 N–H and O–H groups in total. The maximum atomic E-state index is 5.76. The first-order valence-corrected chi connectivity index (χ1v) is 6.59. The molecular formula is C12H22N6. The zero-order valence-corrected chi connectivity index (χ0v) is 11.4. The number of nitrogens with two attached hydrogens (primary N) is 1. The Kier molecular flexibility index (Phi) is 3.96. The van der Waals surface area contributed by atoms with Crippen molar-refractivity contribution in [3.63, 3.8) is 0 Å². The molecule has 1 aliphatic heterocycles. The van der Waals surface area contributed by atoms with Gasteiger partial charge in [-0.2, -0.15) is 15.0 Å². The van der Waals surface area contributed by atoms with Crippen LogP contribution in [0.15, 0.2) is 0 Å². The molecule has 18 heavy (non-hydrogen) atoms. The van der Waals surface area contributed by atoms with Gasteiger partial charge in [0.1, 0.15) is 5.82 Å². The molecule has 0 bridgehead atoms. The number of anilines is 2. The van der Waals surface area contributed by atoms with Gasteiger partial charge in [-0.1, -0.05) is 20.8 Å². The van der Waals surface area contributed by atoms with E-state index in [0.29, 0.717) is 5.95 Å². The van der Waals surface area contributed by atoms with E-state index in [4.69, 9.17) is 5.73 Å². The molecular weight excluding hydrogens is 228 g/mol. The third kappa shape index (κ3) is 2.87. The molecule has 0 aliphatic carbocycles. The molecule has 1 aliphatic rings. The van der Waals surface area contributed by atoms with E-state index in [1.54, 1.807) is 0 Å². The van der Waals surface area contributed by atoms with Crippen LogP contribution < -0.4 is 10.6 Å². The van der Waals surface area contributed by atoms with Crippen molar-refractivity contribution in [1.82, 2.24) is 19.9 Å². The van der Waals surface area contributed by atoms with Crippen molar-refractivity contribution in [2.45, 2.75) is 26.7 Å². The summed E-state index contributed by atoms with van der Waals surface area (Å²) in [6.45, 7) is 11.4. The molecule has 1 fully saturated rings. The van der Waals surface area contributed by atoms with Gasteiger partial charge >= 0.3 is 0 Å². The Morgan fingerprint density at radius 2 is 1.78 bits per heavy atom. The number of hydrogen-bond donors (Lipinski definition) is 1. The molecule has 0 saturated carbocycles. The Balaban J connectivity index is 2.13. The van der Waals surface area contributed by atoms with Crippen molar-refractivity contribution >= 4 is 11.9 Å². The average molecular weight is 250 g/mol. The molecule has 0 unspecified atom stereocenters. The summed E-state index contributed by atoms with van der Waals surface area (Å²) in [7, 11) is 0. The number of rotatable bonds is 3. The van der Waals surface area contributed by atoms with Crippen LogP contribution in [0, 0.1) is 0 Å². The molecule has 1 aromatic rings. The molecule has 1 saturated heterocycles. The number of piperazine rings is 1. The summed E-state index contributed by atoms with van der Waals surface area (Å²) in [6.07, 6.45) is 0. The van der Waals surface area contributed by atoms with E-state index in [-0.39, 0.29) is 5.92 Å². The van der Waals surface area contributed by atoms with Gasteiger partial charge in [0.15, 0.2) is 0 Å². The molecule has 0 spiro atoms. The third-order valence-corrected chi connectivity index (χ3v) is 3.28. The SMILES string of the molecule is CCN1CCN(c2nc(N)nc(C(C)C)n2)CC1. The molecule has 2 rings (SSSR count). The van der Waals surface area contributed by atoms with Crippen LogP contribution in [0.5, 0.6) is 0 Å². The van der Waals surface area contributed by atoms with Gasteiger partial charge in [0.2, 0.25) is 11.9 Å². The number of likely N-dealkylation sites (N-methyl/N-ethyl adjacent to an activating group) is 1. The highest BCUT2D eigenvalue weighted by atomic mass is 15.3. The normalized spacial score (nSPS) is 17.4. The molecule has 6 heteroatoms. The largest absolute Gasteiger partial charge is 0.368 e. The summed E-state index contributed by atoms with van der Waals surface area (Å²) < 4.78 is 0. The van der Waals surface area contributed by atoms with Crippen LogP contribution in [0.1, 0.15) is 32.5 Å². The monoisotopic (exact) mass is 250 g/mol. The van der Waals surface area contributed by atoms with E-state index in [9.17, 15) is 0 Å². The topological polar surface area (TPSA) is 71.2 Å². The summed E-state index contributed by atoms with van der Waals surface area (Å²) in [5, 5.41) is 0. The van der Waals surface area contributed by atoms with E-state index in [2.05, 4.69) is 45.5 Å². The molecule has 0 aromatic carbocycles. The maximum absolute atomic E-state index is 5.76. The fourth-order valence-corrected chi connectivity index (χ4v) is 2.06. The number of hydrogen-bond acceptors (Lipinski definition) is 6. The second-order valence-electron chi connectivity index (χ2n) is 4.93. The van der Waals surface area contributed by atoms with E-state index in [1.165, 1.54) is 0 Å². The predicted molar refractivity (Wildman–Crippen MR) is 72.7 cm³/mol. The highest BCUT2D eigenvalue weighted by molar-refractivity contribution is 5.35. The minimum atomic E-state index is 0.269. The van der Waals surface area contributed by atoms with Crippen LogP contribution in [0.3, 0.4) is 0 Å². The molecule has 2 heterocycles. The van der Waals surface area contributed by atoms with Gasteiger partial charge in [-0.25, -0.2) is 0 Å². The lowest BCUT2D eigenvalue weighted by Crippen LogP contribution is -2.46. The van der Waals surface area contributed by atoms with Gasteiger partial charge in [0.25, 0.3) is 0 Å². The fourth-order valence-electron chi connectivity index (χ4n) is 2.06. The lowest BCUT2D eigenvalue weighted by atomic mass is 10.2. The maximum Gasteiger partial charge on any atom is 0.230 e. The van der Waals surface area contributed by atoms with Crippen LogP contribution in [-0.2, 0) is 0 Å². The third-order valence-electron chi connectivity index (χ3n) is 3.28. The second-order valence-corrected chi connectivity index (χ2v) is 4.93. The Labute approximate surface area is 108 Å².